The molecule has 0 radical (unpaired) electrons. The molecule has 1 amide bonds. The summed E-state index contributed by atoms with van der Waals surface area (Å²) < 4.78 is 5.42. The number of hydrogen-bond donors (Lipinski definition) is 4. The van der Waals surface area contributed by atoms with E-state index in [-0.39, 0.29) is 28.9 Å². The number of likely N-dealkylation sites (tertiary alicyclic amines) is 1. The zero-order valence-electron chi connectivity index (χ0n) is 21.9. The quantitative estimate of drug-likeness (QED) is 0.310. The number of nitrogens with one attached hydrogen (secondary N) is 3. The standard InChI is InChI=1S/C28H39N5O3/c1-5-13-31-28(35)27(30)33(21-11-9-20(10-12-21)18-32-14-7-6-8-15-32)26(29)23-16-22(19(2)3)25(36-4)17-24(23)34/h9-12,16-17,19,29-30,34H,5-8,13-15,18H2,1-4H3,(H,31,35). The van der Waals surface area contributed by atoms with Crippen LogP contribution in [0.4, 0.5) is 5.69 Å². The van der Waals surface area contributed by atoms with Crippen LogP contribution in [0.3, 0.4) is 0 Å². The fourth-order valence-electron chi connectivity index (χ4n) is 4.44. The summed E-state index contributed by atoms with van der Waals surface area (Å²) in [5.41, 5.74) is 2.71. The van der Waals surface area contributed by atoms with Crippen molar-refractivity contribution in [3.05, 3.63) is 53.1 Å². The molecule has 194 valence electrons. The molecule has 8 nitrogen and oxygen atoms in total. The first-order valence-electron chi connectivity index (χ1n) is 12.7. The lowest BCUT2D eigenvalue weighted by molar-refractivity contribution is -0.114. The maximum Gasteiger partial charge on any atom is 0.287 e. The summed E-state index contributed by atoms with van der Waals surface area (Å²) in [6, 6.07) is 10.8. The van der Waals surface area contributed by atoms with Crippen LogP contribution in [0.2, 0.25) is 0 Å². The number of methoxy groups -OCH3 is 1. The Labute approximate surface area is 214 Å². The average molecular weight is 494 g/mol. The molecular formula is C28H39N5O3. The van der Waals surface area contributed by atoms with Gasteiger partial charge in [-0.2, -0.15) is 0 Å². The normalized spacial score (nSPS) is 13.9. The second-order valence-electron chi connectivity index (χ2n) is 9.56. The number of amides is 1. The van der Waals surface area contributed by atoms with E-state index < -0.39 is 5.91 Å². The first-order chi connectivity index (χ1) is 17.3. The third-order valence-electron chi connectivity index (χ3n) is 6.47. The van der Waals surface area contributed by atoms with E-state index in [0.717, 1.165) is 37.2 Å². The van der Waals surface area contributed by atoms with E-state index in [0.29, 0.717) is 18.0 Å². The van der Waals surface area contributed by atoms with Crippen molar-refractivity contribution < 1.29 is 14.6 Å². The zero-order chi connectivity index (χ0) is 26.2. The summed E-state index contributed by atoms with van der Waals surface area (Å²) in [6.07, 6.45) is 4.46. The highest BCUT2D eigenvalue weighted by Crippen LogP contribution is 2.34. The number of nitrogens with zero attached hydrogens (tertiary/aromatic N) is 2. The molecule has 0 aliphatic carbocycles. The SMILES string of the molecule is CCCNC(=O)C(=N)N(C(=N)c1cc(C(C)C)c(OC)cc1O)c1ccc(CN2CCCCC2)cc1. The molecule has 0 bridgehead atoms. The van der Waals surface area contributed by atoms with E-state index in [1.807, 2.05) is 45.0 Å². The smallest absolute Gasteiger partial charge is 0.287 e. The van der Waals surface area contributed by atoms with Gasteiger partial charge in [0.15, 0.2) is 5.84 Å². The van der Waals surface area contributed by atoms with Crippen molar-refractivity contribution in [2.45, 2.75) is 58.9 Å². The van der Waals surface area contributed by atoms with Crippen LogP contribution >= 0.6 is 0 Å². The van der Waals surface area contributed by atoms with Gasteiger partial charge in [-0.05, 0) is 67.6 Å². The number of hydrogen-bond acceptors (Lipinski definition) is 6. The lowest BCUT2D eigenvalue weighted by atomic mass is 9.97. The second-order valence-corrected chi connectivity index (χ2v) is 9.56. The Morgan fingerprint density at radius 2 is 1.81 bits per heavy atom. The van der Waals surface area contributed by atoms with Crippen LogP contribution in [-0.4, -0.2) is 54.3 Å². The number of phenols is 1. The van der Waals surface area contributed by atoms with Crippen LogP contribution in [0.25, 0.3) is 0 Å². The van der Waals surface area contributed by atoms with Crippen molar-refractivity contribution in [3.63, 3.8) is 0 Å². The maximum absolute atomic E-state index is 12.8. The van der Waals surface area contributed by atoms with Gasteiger partial charge in [-0.15, -0.1) is 0 Å². The van der Waals surface area contributed by atoms with Gasteiger partial charge in [0.2, 0.25) is 0 Å². The van der Waals surface area contributed by atoms with Gasteiger partial charge < -0.3 is 15.2 Å². The predicted molar refractivity (Wildman–Crippen MR) is 145 cm³/mol. The van der Waals surface area contributed by atoms with Crippen LogP contribution in [0.1, 0.15) is 69.1 Å². The number of amidine groups is 2. The highest BCUT2D eigenvalue weighted by molar-refractivity contribution is 6.48. The van der Waals surface area contributed by atoms with Crippen molar-refractivity contribution in [3.8, 4) is 11.5 Å². The molecule has 0 spiro atoms. The first-order valence-corrected chi connectivity index (χ1v) is 12.7. The molecule has 8 heteroatoms. The van der Waals surface area contributed by atoms with Crippen molar-refractivity contribution in [1.82, 2.24) is 10.2 Å². The predicted octanol–water partition coefficient (Wildman–Crippen LogP) is 4.85. The van der Waals surface area contributed by atoms with Crippen LogP contribution in [0.5, 0.6) is 11.5 Å². The van der Waals surface area contributed by atoms with E-state index in [1.165, 1.54) is 37.3 Å². The molecule has 0 aromatic heterocycles. The molecule has 0 saturated carbocycles. The largest absolute Gasteiger partial charge is 0.507 e. The summed E-state index contributed by atoms with van der Waals surface area (Å²) in [5.74, 6) is -0.632. The van der Waals surface area contributed by atoms with Gasteiger partial charge in [0.1, 0.15) is 17.3 Å². The second kappa shape index (κ2) is 12.5. The van der Waals surface area contributed by atoms with Crippen molar-refractivity contribution in [1.29, 1.82) is 10.8 Å². The minimum Gasteiger partial charge on any atom is -0.507 e. The molecule has 2 aromatic rings. The Morgan fingerprint density at radius 1 is 1.14 bits per heavy atom. The van der Waals surface area contributed by atoms with Crippen LogP contribution in [0, 0.1) is 10.8 Å². The van der Waals surface area contributed by atoms with Gasteiger partial charge in [-0.25, -0.2) is 0 Å². The van der Waals surface area contributed by atoms with Gasteiger partial charge in [-0.3, -0.25) is 25.4 Å². The topological polar surface area (TPSA) is 113 Å². The van der Waals surface area contributed by atoms with Crippen LogP contribution in [0.15, 0.2) is 36.4 Å². The fourth-order valence-corrected chi connectivity index (χ4v) is 4.44. The van der Waals surface area contributed by atoms with Gasteiger partial charge >= 0.3 is 0 Å². The molecule has 2 aromatic carbocycles. The van der Waals surface area contributed by atoms with Crippen LogP contribution in [-0.2, 0) is 11.3 Å². The van der Waals surface area contributed by atoms with E-state index in [9.17, 15) is 9.90 Å². The molecule has 1 saturated heterocycles. The molecule has 0 atom stereocenters. The van der Waals surface area contributed by atoms with E-state index >= 15 is 0 Å². The summed E-state index contributed by atoms with van der Waals surface area (Å²) in [6.45, 7) is 9.41. The number of carbonyl (C=O) groups is 1. The van der Waals surface area contributed by atoms with E-state index in [2.05, 4.69) is 10.2 Å². The number of ether oxygens (including phenoxy) is 1. The lowest BCUT2D eigenvalue weighted by Gasteiger charge is -2.28. The van der Waals surface area contributed by atoms with Gasteiger partial charge in [0.25, 0.3) is 5.91 Å². The van der Waals surface area contributed by atoms with Crippen molar-refractivity contribution >= 4 is 23.3 Å². The number of piperidine rings is 1. The monoisotopic (exact) mass is 493 g/mol. The van der Waals surface area contributed by atoms with E-state index in [4.69, 9.17) is 15.6 Å². The third-order valence-corrected chi connectivity index (χ3v) is 6.47. The van der Waals surface area contributed by atoms with Crippen LogP contribution < -0.4 is 15.0 Å². The number of aromatic hydroxyl groups is 1. The molecular weight excluding hydrogens is 454 g/mol. The molecule has 3 rings (SSSR count). The molecule has 1 heterocycles. The van der Waals surface area contributed by atoms with Gasteiger partial charge in [-0.1, -0.05) is 39.3 Å². The highest BCUT2D eigenvalue weighted by atomic mass is 16.5. The fraction of sp³-hybridized carbons (Fsp3) is 0.464. The Morgan fingerprint density at radius 3 is 2.39 bits per heavy atom. The number of phenolic OH excluding ortho intramolecular Hbond substituents is 1. The molecule has 1 fully saturated rings. The molecule has 4 N–H and O–H groups in total. The minimum absolute atomic E-state index is 0.0851. The molecule has 0 unspecified atom stereocenters. The van der Waals surface area contributed by atoms with Gasteiger partial charge in [0.05, 0.1) is 12.7 Å². The average Bonchev–Trinajstić information content (AvgIpc) is 2.88. The van der Waals surface area contributed by atoms with Crippen molar-refractivity contribution in [2.75, 3.05) is 31.6 Å². The van der Waals surface area contributed by atoms with Crippen molar-refractivity contribution in [2.24, 2.45) is 0 Å². The molecule has 1 aliphatic heterocycles. The lowest BCUT2D eigenvalue weighted by Crippen LogP contribution is -2.46. The summed E-state index contributed by atoms with van der Waals surface area (Å²) in [5, 5.41) is 31.1. The zero-order valence-corrected chi connectivity index (χ0v) is 21.9. The number of anilines is 1. The number of rotatable bonds is 8. The summed E-state index contributed by atoms with van der Waals surface area (Å²) in [7, 11) is 1.54. The first kappa shape index (κ1) is 27.2. The number of carbonyl (C=O) groups excluding carboxylic acids is 1. The molecule has 36 heavy (non-hydrogen) atoms. The summed E-state index contributed by atoms with van der Waals surface area (Å²) in [4.78, 5) is 16.5. The summed E-state index contributed by atoms with van der Waals surface area (Å²) >= 11 is 0. The van der Waals surface area contributed by atoms with E-state index in [1.54, 1.807) is 6.07 Å². The Kier molecular flexibility index (Phi) is 9.47. The Hall–Kier alpha value is -3.39. The number of benzene rings is 2. The minimum atomic E-state index is -0.573. The maximum atomic E-state index is 12.8. The Bertz CT molecular complexity index is 1080. The Balaban J connectivity index is 1.97. The van der Waals surface area contributed by atoms with Gasteiger partial charge in [0, 0.05) is 24.8 Å². The highest BCUT2D eigenvalue weighted by Gasteiger charge is 2.27. The third kappa shape index (κ3) is 6.43. The molecule has 1 aliphatic rings.